The van der Waals surface area contributed by atoms with Crippen LogP contribution in [0, 0.1) is 0 Å². The molecule has 0 amide bonds. The molecule has 1 fully saturated rings. The van der Waals surface area contributed by atoms with Crippen LogP contribution in [0.15, 0.2) is 30.3 Å². The number of nitrogens with one attached hydrogen (secondary N) is 1. The fourth-order valence-electron chi connectivity index (χ4n) is 3.11. The van der Waals surface area contributed by atoms with E-state index in [1.807, 2.05) is 30.3 Å². The predicted octanol–water partition coefficient (Wildman–Crippen LogP) is 4.33. The molecular formula is C18H18Cl2N6. The van der Waals surface area contributed by atoms with Gasteiger partial charge in [0.05, 0.1) is 0 Å². The lowest BCUT2D eigenvalue weighted by atomic mass is 10.1. The summed E-state index contributed by atoms with van der Waals surface area (Å²) in [6, 6.07) is 10.0. The molecule has 26 heavy (non-hydrogen) atoms. The van der Waals surface area contributed by atoms with E-state index in [1.54, 1.807) is 0 Å². The van der Waals surface area contributed by atoms with Crippen molar-refractivity contribution in [2.24, 2.45) is 0 Å². The molecule has 3 heterocycles. The largest absolute Gasteiger partial charge is 0.363 e. The minimum Gasteiger partial charge on any atom is -0.363 e. The van der Waals surface area contributed by atoms with Gasteiger partial charge in [0, 0.05) is 19.6 Å². The highest BCUT2D eigenvalue weighted by molar-refractivity contribution is 6.32. The molecule has 8 heteroatoms. The molecule has 134 valence electrons. The van der Waals surface area contributed by atoms with Gasteiger partial charge in [0.15, 0.2) is 28.0 Å². The standard InChI is InChI=1S/C18H18Cl2N6/c19-14-16(21-11-12-7-3-1-4-8-12)23-15-13(22-14)17(25-18(20)24-15)26-9-5-2-6-10-26/h1,3-4,7-8H,2,5-6,9-11H2,(H,21,23,24,25). The number of hydrogen-bond acceptors (Lipinski definition) is 6. The van der Waals surface area contributed by atoms with Gasteiger partial charge in [-0.15, -0.1) is 0 Å². The van der Waals surface area contributed by atoms with Gasteiger partial charge in [-0.3, -0.25) is 0 Å². The van der Waals surface area contributed by atoms with Gasteiger partial charge in [-0.1, -0.05) is 41.9 Å². The number of anilines is 2. The summed E-state index contributed by atoms with van der Waals surface area (Å²) in [4.78, 5) is 19.9. The molecule has 3 aromatic rings. The Balaban J connectivity index is 1.67. The molecule has 1 saturated heterocycles. The van der Waals surface area contributed by atoms with Crippen molar-refractivity contribution in [3.8, 4) is 0 Å². The maximum atomic E-state index is 6.38. The first-order valence-corrected chi connectivity index (χ1v) is 9.40. The van der Waals surface area contributed by atoms with Crippen LogP contribution in [0.25, 0.3) is 11.2 Å². The zero-order chi connectivity index (χ0) is 17.9. The number of nitrogens with zero attached hydrogens (tertiary/aromatic N) is 5. The van der Waals surface area contributed by atoms with Crippen LogP contribution in [0.4, 0.5) is 11.6 Å². The first-order chi connectivity index (χ1) is 12.7. The van der Waals surface area contributed by atoms with Crippen LogP contribution in [0.5, 0.6) is 0 Å². The number of rotatable bonds is 4. The Labute approximate surface area is 161 Å². The second kappa shape index (κ2) is 7.60. The zero-order valence-electron chi connectivity index (χ0n) is 14.1. The molecule has 0 unspecified atom stereocenters. The van der Waals surface area contributed by atoms with E-state index in [1.165, 1.54) is 6.42 Å². The van der Waals surface area contributed by atoms with Crippen molar-refractivity contribution in [3.63, 3.8) is 0 Å². The topological polar surface area (TPSA) is 66.8 Å². The highest BCUT2D eigenvalue weighted by Gasteiger charge is 2.20. The summed E-state index contributed by atoms with van der Waals surface area (Å²) < 4.78 is 0. The van der Waals surface area contributed by atoms with Crippen LogP contribution in [0.1, 0.15) is 24.8 Å². The molecule has 0 bridgehead atoms. The highest BCUT2D eigenvalue weighted by atomic mass is 35.5. The van der Waals surface area contributed by atoms with Gasteiger partial charge in [0.1, 0.15) is 0 Å². The Bertz CT molecular complexity index is 912. The lowest BCUT2D eigenvalue weighted by Crippen LogP contribution is -2.30. The third-order valence-corrected chi connectivity index (χ3v) is 4.83. The van der Waals surface area contributed by atoms with E-state index in [4.69, 9.17) is 23.2 Å². The van der Waals surface area contributed by atoms with E-state index < -0.39 is 0 Å². The fraction of sp³-hybridized carbons (Fsp3) is 0.333. The second-order valence-electron chi connectivity index (χ2n) is 6.24. The van der Waals surface area contributed by atoms with E-state index in [0.717, 1.165) is 31.5 Å². The molecule has 4 rings (SSSR count). The lowest BCUT2D eigenvalue weighted by Gasteiger charge is -2.28. The van der Waals surface area contributed by atoms with Crippen LogP contribution in [-0.4, -0.2) is 33.0 Å². The van der Waals surface area contributed by atoms with Crippen LogP contribution >= 0.6 is 23.2 Å². The van der Waals surface area contributed by atoms with E-state index in [-0.39, 0.29) is 5.28 Å². The Morgan fingerprint density at radius 3 is 2.46 bits per heavy atom. The van der Waals surface area contributed by atoms with E-state index >= 15 is 0 Å². The van der Waals surface area contributed by atoms with Gasteiger partial charge in [-0.25, -0.2) is 9.97 Å². The van der Waals surface area contributed by atoms with Crippen molar-refractivity contribution in [2.45, 2.75) is 25.8 Å². The smallest absolute Gasteiger partial charge is 0.226 e. The Hall–Kier alpha value is -2.18. The normalized spacial score (nSPS) is 14.6. The first kappa shape index (κ1) is 17.2. The average Bonchev–Trinajstić information content (AvgIpc) is 2.68. The van der Waals surface area contributed by atoms with Crippen molar-refractivity contribution in [1.29, 1.82) is 0 Å². The minimum absolute atomic E-state index is 0.170. The Morgan fingerprint density at radius 1 is 0.923 bits per heavy atom. The van der Waals surface area contributed by atoms with Crippen molar-refractivity contribution in [2.75, 3.05) is 23.3 Å². The van der Waals surface area contributed by atoms with Gasteiger partial charge in [-0.2, -0.15) is 9.97 Å². The van der Waals surface area contributed by atoms with Crippen molar-refractivity contribution in [3.05, 3.63) is 46.3 Å². The monoisotopic (exact) mass is 388 g/mol. The van der Waals surface area contributed by atoms with Gasteiger partial charge in [-0.05, 0) is 36.4 Å². The van der Waals surface area contributed by atoms with Crippen LogP contribution in [0.3, 0.4) is 0 Å². The Morgan fingerprint density at radius 2 is 1.69 bits per heavy atom. The summed E-state index contributed by atoms with van der Waals surface area (Å²) in [5, 5.41) is 3.69. The molecule has 6 nitrogen and oxygen atoms in total. The molecule has 0 spiro atoms. The highest BCUT2D eigenvalue weighted by Crippen LogP contribution is 2.29. The zero-order valence-corrected chi connectivity index (χ0v) is 15.6. The maximum absolute atomic E-state index is 6.38. The van der Waals surface area contributed by atoms with Gasteiger partial charge in [0.25, 0.3) is 0 Å². The van der Waals surface area contributed by atoms with Crippen LogP contribution in [0.2, 0.25) is 10.4 Å². The number of hydrogen-bond donors (Lipinski definition) is 1. The van der Waals surface area contributed by atoms with Gasteiger partial charge >= 0.3 is 0 Å². The third-order valence-electron chi connectivity index (χ3n) is 4.40. The average molecular weight is 389 g/mol. The summed E-state index contributed by atoms with van der Waals surface area (Å²) >= 11 is 12.5. The maximum Gasteiger partial charge on any atom is 0.226 e. The summed E-state index contributed by atoms with van der Waals surface area (Å²) in [7, 11) is 0. The molecule has 2 aromatic heterocycles. The number of fused-ring (bicyclic) bond motifs is 1. The predicted molar refractivity (Wildman–Crippen MR) is 105 cm³/mol. The molecule has 0 saturated carbocycles. The first-order valence-electron chi connectivity index (χ1n) is 8.64. The summed E-state index contributed by atoms with van der Waals surface area (Å²) in [6.45, 7) is 2.45. The quantitative estimate of drug-likeness (QED) is 0.670. The van der Waals surface area contributed by atoms with Crippen molar-refractivity contribution in [1.82, 2.24) is 19.9 Å². The third kappa shape index (κ3) is 3.66. The molecule has 0 aliphatic carbocycles. The lowest BCUT2D eigenvalue weighted by molar-refractivity contribution is 0.574. The summed E-state index contributed by atoms with van der Waals surface area (Å²) in [5.74, 6) is 1.20. The van der Waals surface area contributed by atoms with E-state index in [2.05, 4.69) is 30.2 Å². The fourth-order valence-corrected chi connectivity index (χ4v) is 3.46. The second-order valence-corrected chi connectivity index (χ2v) is 6.93. The van der Waals surface area contributed by atoms with E-state index in [9.17, 15) is 0 Å². The number of piperidine rings is 1. The van der Waals surface area contributed by atoms with Gasteiger partial charge in [0.2, 0.25) is 5.28 Å². The van der Waals surface area contributed by atoms with Crippen molar-refractivity contribution >= 4 is 46.0 Å². The number of aromatic nitrogens is 4. The molecule has 1 aliphatic heterocycles. The van der Waals surface area contributed by atoms with Crippen molar-refractivity contribution < 1.29 is 0 Å². The summed E-state index contributed by atoms with van der Waals surface area (Å²) in [5.41, 5.74) is 2.16. The van der Waals surface area contributed by atoms with Crippen LogP contribution in [-0.2, 0) is 6.54 Å². The summed E-state index contributed by atoms with van der Waals surface area (Å²) in [6.07, 6.45) is 3.48. The molecule has 0 radical (unpaired) electrons. The molecule has 0 atom stereocenters. The molecular weight excluding hydrogens is 371 g/mol. The van der Waals surface area contributed by atoms with E-state index in [0.29, 0.717) is 34.5 Å². The minimum atomic E-state index is 0.170. The SMILES string of the molecule is Clc1nc(N2CCCCC2)c2nc(Cl)c(NCc3ccccc3)nc2n1. The van der Waals surface area contributed by atoms with Crippen LogP contribution < -0.4 is 10.2 Å². The molecule has 1 aliphatic rings. The molecule has 1 aromatic carbocycles. The number of benzene rings is 1. The number of halogens is 2. The van der Waals surface area contributed by atoms with Gasteiger partial charge < -0.3 is 10.2 Å². The molecule has 1 N–H and O–H groups in total. The Kier molecular flexibility index (Phi) is 5.04.